The molecule has 0 spiro atoms. The molecule has 0 aromatic heterocycles. The van der Waals surface area contributed by atoms with Gasteiger partial charge < -0.3 is 15.4 Å². The van der Waals surface area contributed by atoms with Crippen molar-refractivity contribution in [3.05, 3.63) is 29.3 Å². The molecule has 21 heavy (non-hydrogen) atoms. The highest BCUT2D eigenvalue weighted by Gasteiger charge is 2.47. The molecule has 2 aliphatic rings. The fraction of sp³-hybridized carbons (Fsp3) is 0.500. The number of ketones is 1. The molecule has 1 saturated heterocycles. The summed E-state index contributed by atoms with van der Waals surface area (Å²) in [5.74, 6) is 0.635. The van der Waals surface area contributed by atoms with Crippen LogP contribution in [-0.2, 0) is 16.1 Å². The van der Waals surface area contributed by atoms with Gasteiger partial charge in [-0.2, -0.15) is 0 Å². The number of amides is 1. The van der Waals surface area contributed by atoms with E-state index < -0.39 is 11.6 Å². The Bertz CT molecular complexity index is 610. The van der Waals surface area contributed by atoms with Crippen molar-refractivity contribution in [1.82, 2.24) is 4.90 Å². The van der Waals surface area contributed by atoms with Crippen molar-refractivity contribution in [3.8, 4) is 5.75 Å². The normalized spacial score (nSPS) is 24.0. The SMILES string of the molecule is CC1(C)Oc2ccc(CN)cc2C(N2CCCC2=O)C1=O. The van der Waals surface area contributed by atoms with E-state index in [1.54, 1.807) is 18.7 Å². The minimum Gasteiger partial charge on any atom is -0.480 e. The van der Waals surface area contributed by atoms with E-state index >= 15 is 0 Å². The molecule has 1 aromatic carbocycles. The van der Waals surface area contributed by atoms with Crippen LogP contribution in [0.4, 0.5) is 0 Å². The first-order valence-corrected chi connectivity index (χ1v) is 7.30. The number of nitrogens with zero attached hydrogens (tertiary/aromatic N) is 1. The number of rotatable bonds is 2. The van der Waals surface area contributed by atoms with Crippen LogP contribution in [0.2, 0.25) is 0 Å². The van der Waals surface area contributed by atoms with Crippen LogP contribution in [0, 0.1) is 0 Å². The Kier molecular flexibility index (Phi) is 3.24. The van der Waals surface area contributed by atoms with Crippen molar-refractivity contribution >= 4 is 11.7 Å². The molecule has 112 valence electrons. The summed E-state index contributed by atoms with van der Waals surface area (Å²) >= 11 is 0. The van der Waals surface area contributed by atoms with Crippen LogP contribution >= 0.6 is 0 Å². The maximum absolute atomic E-state index is 12.8. The van der Waals surface area contributed by atoms with Crippen LogP contribution in [0.5, 0.6) is 5.75 Å². The maximum Gasteiger partial charge on any atom is 0.223 e. The Morgan fingerprint density at radius 1 is 1.38 bits per heavy atom. The lowest BCUT2D eigenvalue weighted by atomic mass is 9.86. The minimum absolute atomic E-state index is 0.0372. The maximum atomic E-state index is 12.8. The molecule has 0 aliphatic carbocycles. The number of fused-ring (bicyclic) bond motifs is 1. The molecule has 0 saturated carbocycles. The van der Waals surface area contributed by atoms with E-state index in [2.05, 4.69) is 0 Å². The molecule has 2 heterocycles. The number of ether oxygens (including phenoxy) is 1. The number of carbonyl (C=O) groups is 2. The van der Waals surface area contributed by atoms with Gasteiger partial charge in [0.25, 0.3) is 0 Å². The molecule has 1 atom stereocenters. The zero-order valence-corrected chi connectivity index (χ0v) is 12.4. The summed E-state index contributed by atoms with van der Waals surface area (Å²) in [4.78, 5) is 26.6. The van der Waals surface area contributed by atoms with Gasteiger partial charge in [-0.1, -0.05) is 6.07 Å². The Balaban J connectivity index is 2.12. The van der Waals surface area contributed by atoms with E-state index in [0.29, 0.717) is 25.3 Å². The van der Waals surface area contributed by atoms with Gasteiger partial charge >= 0.3 is 0 Å². The largest absolute Gasteiger partial charge is 0.480 e. The smallest absolute Gasteiger partial charge is 0.223 e. The molecule has 5 nitrogen and oxygen atoms in total. The van der Waals surface area contributed by atoms with Crippen LogP contribution in [0.3, 0.4) is 0 Å². The third-order valence-electron chi connectivity index (χ3n) is 4.23. The lowest BCUT2D eigenvalue weighted by molar-refractivity contribution is -0.146. The molecule has 1 amide bonds. The average molecular weight is 288 g/mol. The van der Waals surface area contributed by atoms with Crippen LogP contribution in [0.15, 0.2) is 18.2 Å². The monoisotopic (exact) mass is 288 g/mol. The number of likely N-dealkylation sites (tertiary alicyclic amines) is 1. The Morgan fingerprint density at radius 3 is 2.76 bits per heavy atom. The van der Waals surface area contributed by atoms with Gasteiger partial charge in [0, 0.05) is 25.1 Å². The van der Waals surface area contributed by atoms with Crippen molar-refractivity contribution in [3.63, 3.8) is 0 Å². The molecular weight excluding hydrogens is 268 g/mol. The average Bonchev–Trinajstić information content (AvgIpc) is 2.86. The highest BCUT2D eigenvalue weighted by Crippen LogP contribution is 2.42. The van der Waals surface area contributed by atoms with E-state index in [-0.39, 0.29) is 11.7 Å². The molecule has 0 radical (unpaired) electrons. The number of hydrogen-bond acceptors (Lipinski definition) is 4. The van der Waals surface area contributed by atoms with Crippen LogP contribution < -0.4 is 10.5 Å². The molecule has 1 unspecified atom stereocenters. The fourth-order valence-electron chi connectivity index (χ4n) is 3.08. The quantitative estimate of drug-likeness (QED) is 0.896. The number of nitrogens with two attached hydrogens (primary N) is 1. The molecule has 1 aromatic rings. The van der Waals surface area contributed by atoms with Crippen molar-refractivity contribution in [2.24, 2.45) is 5.73 Å². The first-order valence-electron chi connectivity index (χ1n) is 7.30. The third-order valence-corrected chi connectivity index (χ3v) is 4.23. The predicted octanol–water partition coefficient (Wildman–Crippen LogP) is 1.55. The van der Waals surface area contributed by atoms with E-state index in [9.17, 15) is 9.59 Å². The van der Waals surface area contributed by atoms with Crippen LogP contribution in [0.1, 0.15) is 43.9 Å². The van der Waals surface area contributed by atoms with Gasteiger partial charge in [0.15, 0.2) is 5.60 Å². The van der Waals surface area contributed by atoms with E-state index in [1.807, 2.05) is 18.2 Å². The second kappa shape index (κ2) is 4.84. The van der Waals surface area contributed by atoms with Gasteiger partial charge in [-0.3, -0.25) is 9.59 Å². The minimum atomic E-state index is -0.926. The topological polar surface area (TPSA) is 72.6 Å². The second-order valence-electron chi connectivity index (χ2n) is 6.15. The number of Topliss-reactive ketones (excluding diaryl/α,β-unsaturated/α-hetero) is 1. The predicted molar refractivity (Wildman–Crippen MR) is 77.7 cm³/mol. The molecule has 5 heteroatoms. The van der Waals surface area contributed by atoms with E-state index in [1.165, 1.54) is 0 Å². The molecule has 3 rings (SSSR count). The highest BCUT2D eigenvalue weighted by atomic mass is 16.5. The number of carbonyl (C=O) groups excluding carboxylic acids is 2. The fourth-order valence-corrected chi connectivity index (χ4v) is 3.08. The third kappa shape index (κ3) is 2.21. The summed E-state index contributed by atoms with van der Waals surface area (Å²) < 4.78 is 5.83. The molecule has 2 N–H and O–H groups in total. The van der Waals surface area contributed by atoms with Gasteiger partial charge in [0.05, 0.1) is 0 Å². The zero-order valence-electron chi connectivity index (χ0n) is 12.4. The lowest BCUT2D eigenvalue weighted by Gasteiger charge is -2.40. The summed E-state index contributed by atoms with van der Waals surface area (Å²) in [5, 5.41) is 0. The van der Waals surface area contributed by atoms with Gasteiger partial charge in [-0.15, -0.1) is 0 Å². The summed E-state index contributed by atoms with van der Waals surface area (Å²) in [6.07, 6.45) is 1.31. The van der Waals surface area contributed by atoms with Crippen LogP contribution in [0.25, 0.3) is 0 Å². The Hall–Kier alpha value is -1.88. The Labute approximate surface area is 124 Å². The van der Waals surface area contributed by atoms with Crippen molar-refractivity contribution in [1.29, 1.82) is 0 Å². The van der Waals surface area contributed by atoms with Crippen molar-refractivity contribution < 1.29 is 14.3 Å². The lowest BCUT2D eigenvalue weighted by Crippen LogP contribution is -2.50. The van der Waals surface area contributed by atoms with Gasteiger partial charge in [0.1, 0.15) is 11.8 Å². The van der Waals surface area contributed by atoms with Gasteiger partial charge in [-0.05, 0) is 38.0 Å². The summed E-state index contributed by atoms with van der Waals surface area (Å²) in [6, 6.07) is 5.08. The van der Waals surface area contributed by atoms with Crippen molar-refractivity contribution in [2.75, 3.05) is 6.54 Å². The van der Waals surface area contributed by atoms with E-state index in [0.717, 1.165) is 17.5 Å². The first-order chi connectivity index (χ1) is 9.94. The van der Waals surface area contributed by atoms with Crippen LogP contribution in [-0.4, -0.2) is 28.7 Å². The Morgan fingerprint density at radius 2 is 2.14 bits per heavy atom. The summed E-state index contributed by atoms with van der Waals surface area (Å²) in [5.41, 5.74) is 6.46. The molecule has 0 bridgehead atoms. The van der Waals surface area contributed by atoms with E-state index in [4.69, 9.17) is 10.5 Å². The summed E-state index contributed by atoms with van der Waals surface area (Å²) in [7, 11) is 0. The van der Waals surface area contributed by atoms with Gasteiger partial charge in [0.2, 0.25) is 11.7 Å². The first kappa shape index (κ1) is 14.1. The van der Waals surface area contributed by atoms with Gasteiger partial charge in [-0.25, -0.2) is 0 Å². The standard InChI is InChI=1S/C16H20N2O3/c1-16(2)15(20)14(18-7-3-4-13(18)19)11-8-10(9-17)5-6-12(11)21-16/h5-6,8,14H,3-4,7,9,17H2,1-2H3. The van der Waals surface area contributed by atoms with Crippen molar-refractivity contribution in [2.45, 2.75) is 44.9 Å². The zero-order chi connectivity index (χ0) is 15.2. The highest BCUT2D eigenvalue weighted by molar-refractivity contribution is 5.97. The second-order valence-corrected chi connectivity index (χ2v) is 6.15. The summed E-state index contributed by atoms with van der Waals surface area (Å²) in [6.45, 7) is 4.52. The molecule has 1 fully saturated rings. The number of benzene rings is 1. The molecule has 2 aliphatic heterocycles. The molecular formula is C16H20N2O3. The number of hydrogen-bond donors (Lipinski definition) is 1.